The SMILES string of the molecule is CCCC(NC(=O)c1n[nH]c(C(C)(C)C)n1)C(=O)O. The van der Waals surface area contributed by atoms with Crippen LogP contribution >= 0.6 is 0 Å². The summed E-state index contributed by atoms with van der Waals surface area (Å²) in [5.74, 6) is -1.08. The van der Waals surface area contributed by atoms with Crippen LogP contribution in [-0.2, 0) is 10.2 Å². The fourth-order valence-electron chi connectivity index (χ4n) is 1.47. The van der Waals surface area contributed by atoms with Gasteiger partial charge in [-0.25, -0.2) is 9.78 Å². The van der Waals surface area contributed by atoms with Crippen molar-refractivity contribution in [3.63, 3.8) is 0 Å². The molecular formula is C12H20N4O3. The van der Waals surface area contributed by atoms with E-state index in [0.29, 0.717) is 18.7 Å². The number of carbonyl (C=O) groups is 2. The Morgan fingerprint density at radius 3 is 2.47 bits per heavy atom. The summed E-state index contributed by atoms with van der Waals surface area (Å²) in [4.78, 5) is 26.9. The van der Waals surface area contributed by atoms with Crippen LogP contribution < -0.4 is 5.32 Å². The maximum atomic E-state index is 11.9. The average molecular weight is 268 g/mol. The summed E-state index contributed by atoms with van der Waals surface area (Å²) in [5, 5.41) is 17.9. The van der Waals surface area contributed by atoms with E-state index in [0.717, 1.165) is 0 Å². The lowest BCUT2D eigenvalue weighted by molar-refractivity contribution is -0.139. The van der Waals surface area contributed by atoms with Crippen molar-refractivity contribution in [1.82, 2.24) is 20.5 Å². The molecule has 0 radical (unpaired) electrons. The number of amides is 1. The smallest absolute Gasteiger partial charge is 0.326 e. The zero-order chi connectivity index (χ0) is 14.6. The van der Waals surface area contributed by atoms with Crippen LogP contribution in [0.2, 0.25) is 0 Å². The standard InChI is InChI=1S/C12H20N4O3/c1-5-6-7(10(18)19)13-9(17)8-14-11(16-15-8)12(2,3)4/h7H,5-6H2,1-4H3,(H,13,17)(H,18,19)(H,14,15,16). The highest BCUT2D eigenvalue weighted by molar-refractivity contribution is 5.93. The van der Waals surface area contributed by atoms with Crippen LogP contribution in [0.15, 0.2) is 0 Å². The lowest BCUT2D eigenvalue weighted by atomic mass is 9.96. The molecule has 1 unspecified atom stereocenters. The van der Waals surface area contributed by atoms with Gasteiger partial charge in [-0.1, -0.05) is 34.1 Å². The molecule has 19 heavy (non-hydrogen) atoms. The first-order valence-electron chi connectivity index (χ1n) is 6.22. The Bertz CT molecular complexity index is 462. The van der Waals surface area contributed by atoms with Gasteiger partial charge in [-0.3, -0.25) is 9.89 Å². The minimum Gasteiger partial charge on any atom is -0.480 e. The third kappa shape index (κ3) is 4.04. The molecule has 1 amide bonds. The van der Waals surface area contributed by atoms with E-state index in [9.17, 15) is 9.59 Å². The lowest BCUT2D eigenvalue weighted by Gasteiger charge is -2.13. The van der Waals surface area contributed by atoms with E-state index < -0.39 is 17.9 Å². The fourth-order valence-corrected chi connectivity index (χ4v) is 1.47. The number of H-pyrrole nitrogens is 1. The molecule has 0 aliphatic carbocycles. The molecule has 3 N–H and O–H groups in total. The molecule has 7 heteroatoms. The summed E-state index contributed by atoms with van der Waals surface area (Å²) in [5.41, 5.74) is -0.249. The topological polar surface area (TPSA) is 108 Å². The predicted molar refractivity (Wildman–Crippen MR) is 68.9 cm³/mol. The normalized spacial score (nSPS) is 13.1. The highest BCUT2D eigenvalue weighted by Crippen LogP contribution is 2.17. The molecule has 0 aliphatic rings. The highest BCUT2D eigenvalue weighted by atomic mass is 16.4. The Labute approximate surface area is 111 Å². The van der Waals surface area contributed by atoms with E-state index in [-0.39, 0.29) is 11.2 Å². The van der Waals surface area contributed by atoms with Crippen LogP contribution in [-0.4, -0.2) is 38.2 Å². The number of aliphatic carboxylic acids is 1. The van der Waals surface area contributed by atoms with Crippen molar-refractivity contribution in [3.8, 4) is 0 Å². The number of aromatic amines is 1. The van der Waals surface area contributed by atoms with Gasteiger partial charge >= 0.3 is 5.97 Å². The molecule has 0 bridgehead atoms. The maximum absolute atomic E-state index is 11.9. The Morgan fingerprint density at radius 2 is 2.05 bits per heavy atom. The van der Waals surface area contributed by atoms with Crippen molar-refractivity contribution in [2.24, 2.45) is 0 Å². The number of rotatable bonds is 5. The zero-order valence-electron chi connectivity index (χ0n) is 11.6. The van der Waals surface area contributed by atoms with Crippen LogP contribution in [0.1, 0.15) is 57.0 Å². The fraction of sp³-hybridized carbons (Fsp3) is 0.667. The van der Waals surface area contributed by atoms with Crippen molar-refractivity contribution in [2.45, 2.75) is 52.0 Å². The molecule has 0 saturated heterocycles. The second kappa shape index (κ2) is 5.81. The first-order chi connectivity index (χ1) is 8.75. The molecule has 106 valence electrons. The number of hydrogen-bond acceptors (Lipinski definition) is 4. The highest BCUT2D eigenvalue weighted by Gasteiger charge is 2.24. The molecular weight excluding hydrogens is 248 g/mol. The van der Waals surface area contributed by atoms with Crippen molar-refractivity contribution in [2.75, 3.05) is 0 Å². The van der Waals surface area contributed by atoms with Gasteiger partial charge in [-0.05, 0) is 6.42 Å². The van der Waals surface area contributed by atoms with Gasteiger partial charge in [-0.2, -0.15) is 0 Å². The Morgan fingerprint density at radius 1 is 1.42 bits per heavy atom. The molecule has 0 saturated carbocycles. The van der Waals surface area contributed by atoms with Crippen LogP contribution in [0.5, 0.6) is 0 Å². The molecule has 7 nitrogen and oxygen atoms in total. The minimum absolute atomic E-state index is 0.0349. The second-order valence-corrected chi connectivity index (χ2v) is 5.41. The third-order valence-electron chi connectivity index (χ3n) is 2.58. The lowest BCUT2D eigenvalue weighted by Crippen LogP contribution is -2.41. The van der Waals surface area contributed by atoms with Gasteiger partial charge in [0.2, 0.25) is 5.82 Å². The van der Waals surface area contributed by atoms with Crippen LogP contribution in [0.25, 0.3) is 0 Å². The quantitative estimate of drug-likeness (QED) is 0.740. The number of carboxylic acid groups (broad SMARTS) is 1. The summed E-state index contributed by atoms with van der Waals surface area (Å²) < 4.78 is 0. The summed E-state index contributed by atoms with van der Waals surface area (Å²) in [6.07, 6.45) is 1.04. The number of nitrogens with zero attached hydrogens (tertiary/aromatic N) is 2. The average Bonchev–Trinajstić information content (AvgIpc) is 2.76. The van der Waals surface area contributed by atoms with E-state index in [2.05, 4.69) is 20.5 Å². The van der Waals surface area contributed by atoms with Gasteiger partial charge in [0.15, 0.2) is 0 Å². The summed E-state index contributed by atoms with van der Waals surface area (Å²) in [6.45, 7) is 7.66. The number of aromatic nitrogens is 3. The summed E-state index contributed by atoms with van der Waals surface area (Å²) >= 11 is 0. The second-order valence-electron chi connectivity index (χ2n) is 5.41. The van der Waals surface area contributed by atoms with Crippen LogP contribution in [0.3, 0.4) is 0 Å². The molecule has 1 aromatic heterocycles. The number of nitrogens with one attached hydrogen (secondary N) is 2. The largest absolute Gasteiger partial charge is 0.480 e. The molecule has 0 aliphatic heterocycles. The van der Waals surface area contributed by atoms with E-state index in [4.69, 9.17) is 5.11 Å². The predicted octanol–water partition coefficient (Wildman–Crippen LogP) is 1.09. The van der Waals surface area contributed by atoms with Crippen molar-refractivity contribution in [1.29, 1.82) is 0 Å². The van der Waals surface area contributed by atoms with Crippen molar-refractivity contribution in [3.05, 3.63) is 11.6 Å². The van der Waals surface area contributed by atoms with Crippen LogP contribution in [0, 0.1) is 0 Å². The molecule has 1 atom stereocenters. The molecule has 1 aromatic rings. The number of carboxylic acids is 1. The van der Waals surface area contributed by atoms with E-state index in [1.165, 1.54) is 0 Å². The van der Waals surface area contributed by atoms with Crippen molar-refractivity contribution < 1.29 is 14.7 Å². The number of hydrogen-bond donors (Lipinski definition) is 3. The van der Waals surface area contributed by atoms with E-state index in [1.54, 1.807) is 0 Å². The van der Waals surface area contributed by atoms with E-state index in [1.807, 2.05) is 27.7 Å². The molecule has 1 rings (SSSR count). The monoisotopic (exact) mass is 268 g/mol. The molecule has 0 spiro atoms. The Kier molecular flexibility index (Phi) is 4.63. The Balaban J connectivity index is 2.78. The molecule has 0 aromatic carbocycles. The molecule has 1 heterocycles. The first-order valence-corrected chi connectivity index (χ1v) is 6.22. The van der Waals surface area contributed by atoms with Gasteiger partial charge in [0.25, 0.3) is 5.91 Å². The zero-order valence-corrected chi connectivity index (χ0v) is 11.6. The minimum atomic E-state index is -1.05. The van der Waals surface area contributed by atoms with Gasteiger partial charge in [0.1, 0.15) is 11.9 Å². The van der Waals surface area contributed by atoms with Gasteiger partial charge in [0, 0.05) is 5.41 Å². The summed E-state index contributed by atoms with van der Waals surface area (Å²) in [7, 11) is 0. The van der Waals surface area contributed by atoms with Gasteiger partial charge in [-0.15, -0.1) is 5.10 Å². The van der Waals surface area contributed by atoms with Crippen LogP contribution in [0.4, 0.5) is 0 Å². The molecule has 0 fully saturated rings. The van der Waals surface area contributed by atoms with E-state index >= 15 is 0 Å². The Hall–Kier alpha value is -1.92. The number of carbonyl (C=O) groups excluding carboxylic acids is 1. The third-order valence-corrected chi connectivity index (χ3v) is 2.58. The van der Waals surface area contributed by atoms with Gasteiger partial charge < -0.3 is 10.4 Å². The maximum Gasteiger partial charge on any atom is 0.326 e. The summed E-state index contributed by atoms with van der Waals surface area (Å²) in [6, 6.07) is -0.908. The first kappa shape index (κ1) is 15.1. The van der Waals surface area contributed by atoms with Crippen molar-refractivity contribution >= 4 is 11.9 Å². The van der Waals surface area contributed by atoms with Gasteiger partial charge in [0.05, 0.1) is 0 Å².